The highest BCUT2D eigenvalue weighted by Gasteiger charge is 2.16. The molecule has 0 aliphatic rings. The Morgan fingerprint density at radius 3 is 2.62 bits per heavy atom. The Kier molecular flexibility index (Phi) is 5.19. The van der Waals surface area contributed by atoms with Crippen molar-refractivity contribution >= 4 is 39.0 Å². The van der Waals surface area contributed by atoms with Crippen LogP contribution in [0.1, 0.15) is 22.5 Å². The summed E-state index contributed by atoms with van der Waals surface area (Å²) in [5.74, 6) is 0.429. The van der Waals surface area contributed by atoms with Gasteiger partial charge in [0.05, 0.1) is 22.3 Å². The fourth-order valence-electron chi connectivity index (χ4n) is 3.79. The van der Waals surface area contributed by atoms with E-state index in [1.165, 1.54) is 23.1 Å². The van der Waals surface area contributed by atoms with Crippen LogP contribution in [0.15, 0.2) is 68.7 Å². The van der Waals surface area contributed by atoms with E-state index in [-0.39, 0.29) is 11.1 Å². The summed E-state index contributed by atoms with van der Waals surface area (Å²) in [4.78, 5) is 36.1. The summed E-state index contributed by atoms with van der Waals surface area (Å²) in [6.45, 7) is 5.91. The van der Waals surface area contributed by atoms with Gasteiger partial charge < -0.3 is 0 Å². The molecule has 0 N–H and O–H groups in total. The van der Waals surface area contributed by atoms with Gasteiger partial charge in [-0.3, -0.25) is 18.6 Å². The van der Waals surface area contributed by atoms with Crippen LogP contribution >= 0.6 is 23.1 Å². The monoisotopic (exact) mass is 460 g/mol. The van der Waals surface area contributed by atoms with Crippen molar-refractivity contribution in [3.8, 4) is 5.69 Å². The number of hydrogen-bond donors (Lipinski definition) is 0. The van der Waals surface area contributed by atoms with Crippen LogP contribution in [0.3, 0.4) is 0 Å². The minimum Gasteiger partial charge on any atom is -0.269 e. The van der Waals surface area contributed by atoms with Gasteiger partial charge in [0.25, 0.3) is 11.1 Å². The van der Waals surface area contributed by atoms with Crippen molar-refractivity contribution in [3.05, 3.63) is 97.1 Å². The molecule has 32 heavy (non-hydrogen) atoms. The van der Waals surface area contributed by atoms with Crippen molar-refractivity contribution in [2.45, 2.75) is 31.7 Å². The summed E-state index contributed by atoms with van der Waals surface area (Å²) < 4.78 is 3.28. The van der Waals surface area contributed by atoms with Crippen molar-refractivity contribution in [2.24, 2.45) is 0 Å². The molecule has 0 unspecified atom stereocenters. The Hall–Kier alpha value is -3.23. The average molecular weight is 461 g/mol. The molecule has 0 aliphatic carbocycles. The number of para-hydroxylation sites is 1. The molecule has 0 fully saturated rings. The highest BCUT2D eigenvalue weighted by atomic mass is 32.2. The number of thioether (sulfide) groups is 1. The maximum Gasteiger partial charge on any atom is 0.266 e. The van der Waals surface area contributed by atoms with Gasteiger partial charge in [0, 0.05) is 22.9 Å². The highest BCUT2D eigenvalue weighted by molar-refractivity contribution is 7.98. The summed E-state index contributed by atoms with van der Waals surface area (Å²) in [5.41, 5.74) is 4.92. The molecular formula is C24H20N4O2S2. The number of rotatable bonds is 4. The van der Waals surface area contributed by atoms with Crippen molar-refractivity contribution in [1.82, 2.24) is 18.9 Å². The van der Waals surface area contributed by atoms with Gasteiger partial charge in [0.2, 0.25) is 0 Å². The predicted octanol–water partition coefficient (Wildman–Crippen LogP) is 4.67. The van der Waals surface area contributed by atoms with Crippen molar-refractivity contribution in [1.29, 1.82) is 0 Å². The molecule has 3 heterocycles. The van der Waals surface area contributed by atoms with Gasteiger partial charge in [0.1, 0.15) is 0 Å². The molecule has 0 atom stereocenters. The number of benzene rings is 2. The maximum atomic E-state index is 13.5. The summed E-state index contributed by atoms with van der Waals surface area (Å²) >= 11 is 2.85. The molecule has 0 radical (unpaired) electrons. The first-order valence-electron chi connectivity index (χ1n) is 10.1. The van der Waals surface area contributed by atoms with Gasteiger partial charge in [-0.25, -0.2) is 9.97 Å². The third kappa shape index (κ3) is 3.55. The van der Waals surface area contributed by atoms with Crippen LogP contribution in [0.2, 0.25) is 0 Å². The topological polar surface area (TPSA) is 69.3 Å². The molecule has 8 heteroatoms. The van der Waals surface area contributed by atoms with Gasteiger partial charge in [-0.1, -0.05) is 41.6 Å². The first kappa shape index (κ1) is 20.7. The number of hydrogen-bond acceptors (Lipinski definition) is 6. The van der Waals surface area contributed by atoms with Gasteiger partial charge in [-0.15, -0.1) is 11.3 Å². The van der Waals surface area contributed by atoms with Crippen LogP contribution in [0.5, 0.6) is 0 Å². The van der Waals surface area contributed by atoms with E-state index < -0.39 is 0 Å². The second-order valence-electron chi connectivity index (χ2n) is 7.71. The van der Waals surface area contributed by atoms with Crippen LogP contribution in [-0.2, 0) is 5.75 Å². The van der Waals surface area contributed by atoms with E-state index in [0.29, 0.717) is 32.5 Å². The molecule has 5 rings (SSSR count). The van der Waals surface area contributed by atoms with Gasteiger partial charge >= 0.3 is 0 Å². The van der Waals surface area contributed by atoms with Crippen LogP contribution < -0.4 is 11.1 Å². The Balaban J connectivity index is 1.63. The Morgan fingerprint density at radius 2 is 1.81 bits per heavy atom. The molecule has 160 valence electrons. The molecule has 6 nitrogen and oxygen atoms in total. The molecule has 0 saturated carbocycles. The number of fused-ring (bicyclic) bond motifs is 2. The second kappa shape index (κ2) is 8.03. The van der Waals surface area contributed by atoms with E-state index in [2.05, 4.69) is 11.1 Å². The van der Waals surface area contributed by atoms with E-state index in [4.69, 9.17) is 4.98 Å². The fourth-order valence-corrected chi connectivity index (χ4v) is 5.58. The normalized spacial score (nSPS) is 11.5. The average Bonchev–Trinajstić information content (AvgIpc) is 3.14. The zero-order valence-electron chi connectivity index (χ0n) is 17.8. The van der Waals surface area contributed by atoms with Gasteiger partial charge in [-0.05, 0) is 44.5 Å². The van der Waals surface area contributed by atoms with Crippen molar-refractivity contribution in [2.75, 3.05) is 0 Å². The van der Waals surface area contributed by atoms with Crippen molar-refractivity contribution < 1.29 is 0 Å². The van der Waals surface area contributed by atoms with E-state index in [1.54, 1.807) is 21.1 Å². The molecule has 0 aliphatic heterocycles. The number of aryl methyl sites for hydroxylation is 3. The Morgan fingerprint density at radius 1 is 1.00 bits per heavy atom. The Bertz CT molecular complexity index is 1610. The second-order valence-corrected chi connectivity index (χ2v) is 9.49. The summed E-state index contributed by atoms with van der Waals surface area (Å²) in [6.07, 6.45) is 0. The SMILES string of the molecule is Cc1ccc(-n2c(SCc3cc(=O)n4c(C)csc4n3)nc3ccccc3c2=O)c(C)c1. The lowest BCUT2D eigenvalue weighted by atomic mass is 10.1. The molecule has 5 aromatic rings. The minimum absolute atomic E-state index is 0.0948. The van der Waals surface area contributed by atoms with E-state index in [1.807, 2.05) is 56.5 Å². The Labute approximate surface area is 192 Å². The maximum absolute atomic E-state index is 13.5. The molecule has 0 bridgehead atoms. The molecule has 0 saturated heterocycles. The zero-order valence-corrected chi connectivity index (χ0v) is 19.5. The zero-order chi connectivity index (χ0) is 22.4. The summed E-state index contributed by atoms with van der Waals surface area (Å²) in [6, 6.07) is 14.9. The largest absolute Gasteiger partial charge is 0.269 e. The molecule has 0 amide bonds. The van der Waals surface area contributed by atoms with Crippen LogP contribution in [0, 0.1) is 20.8 Å². The lowest BCUT2D eigenvalue weighted by molar-refractivity contribution is 0.813. The molecule has 3 aromatic heterocycles. The molecular weight excluding hydrogens is 440 g/mol. The third-order valence-corrected chi connectivity index (χ3v) is 7.23. The van der Waals surface area contributed by atoms with Gasteiger partial charge in [-0.2, -0.15) is 0 Å². The molecule has 2 aromatic carbocycles. The lowest BCUT2D eigenvalue weighted by Gasteiger charge is -2.15. The van der Waals surface area contributed by atoms with Crippen LogP contribution in [-0.4, -0.2) is 18.9 Å². The van der Waals surface area contributed by atoms with E-state index in [0.717, 1.165) is 22.5 Å². The standard InChI is InChI=1S/C24H20N4O2S2/c1-14-8-9-20(15(2)10-14)28-22(30)18-6-4-5-7-19(18)26-24(28)32-13-17-11-21(29)27-16(3)12-31-23(27)25-17/h4-12H,13H2,1-3H3. The van der Waals surface area contributed by atoms with E-state index >= 15 is 0 Å². The smallest absolute Gasteiger partial charge is 0.266 e. The highest BCUT2D eigenvalue weighted by Crippen LogP contribution is 2.26. The van der Waals surface area contributed by atoms with Gasteiger partial charge in [0.15, 0.2) is 10.1 Å². The molecule has 0 spiro atoms. The van der Waals surface area contributed by atoms with E-state index in [9.17, 15) is 9.59 Å². The first-order valence-corrected chi connectivity index (χ1v) is 12.0. The number of nitrogens with zero attached hydrogens (tertiary/aromatic N) is 4. The van der Waals surface area contributed by atoms with Crippen molar-refractivity contribution in [3.63, 3.8) is 0 Å². The number of aromatic nitrogens is 4. The minimum atomic E-state index is -0.109. The quantitative estimate of drug-likeness (QED) is 0.288. The third-order valence-electron chi connectivity index (χ3n) is 5.32. The first-order chi connectivity index (χ1) is 15.4. The predicted molar refractivity (Wildman–Crippen MR) is 130 cm³/mol. The fraction of sp³-hybridized carbons (Fsp3) is 0.167. The van der Waals surface area contributed by atoms with Crippen LogP contribution in [0.25, 0.3) is 21.6 Å². The van der Waals surface area contributed by atoms with Crippen LogP contribution in [0.4, 0.5) is 0 Å². The summed E-state index contributed by atoms with van der Waals surface area (Å²) in [5, 5.41) is 3.07. The number of thiazole rings is 1. The lowest BCUT2D eigenvalue weighted by Crippen LogP contribution is -2.22. The summed E-state index contributed by atoms with van der Waals surface area (Å²) in [7, 11) is 0.